The second kappa shape index (κ2) is 6.84. The van der Waals surface area contributed by atoms with Crippen LogP contribution in [0.25, 0.3) is 0 Å². The number of rotatable bonds is 5. The lowest BCUT2D eigenvalue weighted by molar-refractivity contribution is 0.591. The fourth-order valence-corrected chi connectivity index (χ4v) is 3.63. The number of benzene rings is 1. The van der Waals surface area contributed by atoms with Crippen LogP contribution in [0.15, 0.2) is 34.1 Å². The lowest BCUT2D eigenvalue weighted by atomic mass is 10.0. The number of nitrogens with one attached hydrogen (secondary N) is 1. The van der Waals surface area contributed by atoms with Gasteiger partial charge in [0.05, 0.1) is 6.04 Å². The Balaban J connectivity index is 2.39. The molecule has 0 saturated heterocycles. The molecule has 0 saturated carbocycles. The highest BCUT2D eigenvalue weighted by Crippen LogP contribution is 2.33. The van der Waals surface area contributed by atoms with E-state index in [0.717, 1.165) is 27.9 Å². The van der Waals surface area contributed by atoms with Crippen molar-refractivity contribution in [2.45, 2.75) is 19.4 Å². The van der Waals surface area contributed by atoms with Gasteiger partial charge in [0.15, 0.2) is 0 Å². The average Bonchev–Trinajstić information content (AvgIpc) is 2.80. The molecular formula is C14H14BrClFNS. The second-order valence-electron chi connectivity index (χ2n) is 4.22. The van der Waals surface area contributed by atoms with Gasteiger partial charge in [-0.15, -0.1) is 11.3 Å². The van der Waals surface area contributed by atoms with E-state index in [-0.39, 0.29) is 11.9 Å². The van der Waals surface area contributed by atoms with Crippen LogP contribution in [0.1, 0.15) is 29.8 Å². The molecule has 0 radical (unpaired) electrons. The van der Waals surface area contributed by atoms with Gasteiger partial charge in [-0.05, 0) is 58.7 Å². The Bertz CT molecular complexity index is 558. The van der Waals surface area contributed by atoms with E-state index >= 15 is 0 Å². The molecule has 0 aliphatic carbocycles. The molecule has 1 nitrogen and oxygen atoms in total. The molecule has 2 aromatic rings. The Labute approximate surface area is 129 Å². The minimum Gasteiger partial charge on any atom is -0.306 e. The van der Waals surface area contributed by atoms with E-state index < -0.39 is 0 Å². The first-order valence-electron chi connectivity index (χ1n) is 6.04. The summed E-state index contributed by atoms with van der Waals surface area (Å²) in [6, 6.07) is 6.46. The van der Waals surface area contributed by atoms with Gasteiger partial charge in [-0.1, -0.05) is 18.5 Å². The van der Waals surface area contributed by atoms with Crippen LogP contribution in [-0.2, 0) is 0 Å². The monoisotopic (exact) mass is 361 g/mol. The lowest BCUT2D eigenvalue weighted by Crippen LogP contribution is -2.22. The first-order valence-corrected chi connectivity index (χ1v) is 8.09. The van der Waals surface area contributed by atoms with E-state index in [2.05, 4.69) is 28.2 Å². The Hall–Kier alpha value is -0.420. The fraction of sp³-hybridized carbons (Fsp3) is 0.286. The number of hydrogen-bond acceptors (Lipinski definition) is 2. The zero-order valence-corrected chi connectivity index (χ0v) is 13.6. The summed E-state index contributed by atoms with van der Waals surface area (Å²) in [7, 11) is 0. The molecule has 102 valence electrons. The average molecular weight is 363 g/mol. The fourth-order valence-electron chi connectivity index (χ4n) is 1.87. The van der Waals surface area contributed by atoms with Crippen molar-refractivity contribution in [3.05, 3.63) is 55.4 Å². The summed E-state index contributed by atoms with van der Waals surface area (Å²) >= 11 is 11.3. The van der Waals surface area contributed by atoms with Crippen molar-refractivity contribution in [1.29, 1.82) is 0 Å². The first kappa shape index (κ1) is 15.0. The summed E-state index contributed by atoms with van der Waals surface area (Å²) in [5.74, 6) is -0.265. The van der Waals surface area contributed by atoms with Gasteiger partial charge in [0, 0.05) is 19.8 Å². The van der Waals surface area contributed by atoms with Gasteiger partial charge < -0.3 is 5.32 Å². The van der Waals surface area contributed by atoms with Crippen molar-refractivity contribution < 1.29 is 4.39 Å². The van der Waals surface area contributed by atoms with Gasteiger partial charge in [-0.25, -0.2) is 4.39 Å². The van der Waals surface area contributed by atoms with Gasteiger partial charge in [0.1, 0.15) is 5.82 Å². The molecule has 0 fully saturated rings. The minimum absolute atomic E-state index is 0.0700. The number of hydrogen-bond donors (Lipinski definition) is 1. The third-order valence-corrected chi connectivity index (χ3v) is 4.84. The van der Waals surface area contributed by atoms with Gasteiger partial charge in [0.25, 0.3) is 0 Å². The summed E-state index contributed by atoms with van der Waals surface area (Å²) < 4.78 is 14.5. The summed E-state index contributed by atoms with van der Waals surface area (Å²) in [5, 5.41) is 6.02. The molecule has 19 heavy (non-hydrogen) atoms. The zero-order valence-electron chi connectivity index (χ0n) is 10.4. The van der Waals surface area contributed by atoms with Crippen molar-refractivity contribution >= 4 is 38.9 Å². The van der Waals surface area contributed by atoms with Crippen LogP contribution in [0.3, 0.4) is 0 Å². The van der Waals surface area contributed by atoms with Crippen LogP contribution in [0.4, 0.5) is 4.39 Å². The number of halogens is 3. The van der Waals surface area contributed by atoms with Crippen molar-refractivity contribution in [1.82, 2.24) is 5.32 Å². The molecule has 0 spiro atoms. The maximum atomic E-state index is 13.5. The third-order valence-electron chi connectivity index (χ3n) is 2.74. The number of thiophene rings is 1. The summed E-state index contributed by atoms with van der Waals surface area (Å²) in [6.45, 7) is 2.95. The molecule has 0 bridgehead atoms. The van der Waals surface area contributed by atoms with E-state index in [1.165, 1.54) is 12.1 Å². The van der Waals surface area contributed by atoms with Crippen LogP contribution in [0, 0.1) is 5.82 Å². The summed E-state index contributed by atoms with van der Waals surface area (Å²) in [5.41, 5.74) is 0.782. The quantitative estimate of drug-likeness (QED) is 0.751. The van der Waals surface area contributed by atoms with E-state index in [9.17, 15) is 4.39 Å². The maximum Gasteiger partial charge on any atom is 0.123 e. The van der Waals surface area contributed by atoms with E-state index in [1.54, 1.807) is 17.4 Å². The van der Waals surface area contributed by atoms with Crippen LogP contribution in [-0.4, -0.2) is 6.54 Å². The highest BCUT2D eigenvalue weighted by atomic mass is 79.9. The van der Waals surface area contributed by atoms with Crippen molar-refractivity contribution in [3.63, 3.8) is 0 Å². The SMILES string of the molecule is CCCNC(c1cc(Br)cs1)c1cc(F)ccc1Cl. The molecule has 1 heterocycles. The van der Waals surface area contributed by atoms with Crippen molar-refractivity contribution in [2.75, 3.05) is 6.54 Å². The normalized spacial score (nSPS) is 12.6. The third kappa shape index (κ3) is 3.78. The molecule has 1 N–H and O–H groups in total. The maximum absolute atomic E-state index is 13.5. The molecule has 0 aliphatic rings. The zero-order chi connectivity index (χ0) is 13.8. The van der Waals surface area contributed by atoms with Crippen molar-refractivity contribution in [3.8, 4) is 0 Å². The standard InChI is InChI=1S/C14H14BrClFNS/c1-2-5-18-14(13-6-9(15)8-19-13)11-7-10(17)3-4-12(11)16/h3-4,6-8,14,18H,2,5H2,1H3. The Morgan fingerprint density at radius 3 is 2.84 bits per heavy atom. The predicted octanol–water partition coefficient (Wildman–Crippen LogP) is 5.39. The lowest BCUT2D eigenvalue weighted by Gasteiger charge is -2.19. The molecular weight excluding hydrogens is 349 g/mol. The topological polar surface area (TPSA) is 12.0 Å². The highest BCUT2D eigenvalue weighted by Gasteiger charge is 2.18. The van der Waals surface area contributed by atoms with E-state index in [4.69, 9.17) is 11.6 Å². The van der Waals surface area contributed by atoms with Crippen LogP contribution < -0.4 is 5.32 Å². The molecule has 1 atom stereocenters. The summed E-state index contributed by atoms with van der Waals surface area (Å²) in [4.78, 5) is 1.12. The molecule has 5 heteroatoms. The van der Waals surface area contributed by atoms with E-state index in [1.807, 2.05) is 11.4 Å². The van der Waals surface area contributed by atoms with Crippen LogP contribution in [0.5, 0.6) is 0 Å². The van der Waals surface area contributed by atoms with Crippen LogP contribution in [0.2, 0.25) is 5.02 Å². The molecule has 2 rings (SSSR count). The Kier molecular flexibility index (Phi) is 5.39. The van der Waals surface area contributed by atoms with Crippen LogP contribution >= 0.6 is 38.9 Å². The first-order chi connectivity index (χ1) is 9.11. The summed E-state index contributed by atoms with van der Waals surface area (Å²) in [6.07, 6.45) is 1.01. The van der Waals surface area contributed by atoms with Crippen molar-refractivity contribution in [2.24, 2.45) is 0 Å². The smallest absolute Gasteiger partial charge is 0.123 e. The highest BCUT2D eigenvalue weighted by molar-refractivity contribution is 9.10. The predicted molar refractivity (Wildman–Crippen MR) is 83.6 cm³/mol. The second-order valence-corrected chi connectivity index (χ2v) is 6.49. The molecule has 0 amide bonds. The van der Waals surface area contributed by atoms with Gasteiger partial charge in [0.2, 0.25) is 0 Å². The molecule has 1 aromatic carbocycles. The minimum atomic E-state index is -0.265. The van der Waals surface area contributed by atoms with Gasteiger partial charge >= 0.3 is 0 Å². The Morgan fingerprint density at radius 2 is 2.21 bits per heavy atom. The molecule has 1 aromatic heterocycles. The van der Waals surface area contributed by atoms with Gasteiger partial charge in [-0.2, -0.15) is 0 Å². The van der Waals surface area contributed by atoms with E-state index in [0.29, 0.717) is 5.02 Å². The Morgan fingerprint density at radius 1 is 1.42 bits per heavy atom. The largest absolute Gasteiger partial charge is 0.306 e. The molecule has 1 unspecified atom stereocenters. The van der Waals surface area contributed by atoms with Gasteiger partial charge in [-0.3, -0.25) is 0 Å². The molecule has 0 aliphatic heterocycles.